The number of aryl methyl sites for hydroxylation is 1. The molecule has 3 saturated heterocycles. The molecule has 3 aliphatic heterocycles. The molecule has 1 aromatic heterocycles. The van der Waals surface area contributed by atoms with Crippen molar-refractivity contribution in [1.82, 2.24) is 24.9 Å². The predicted octanol–water partition coefficient (Wildman–Crippen LogP) is 5.87. The number of amides is 2. The summed E-state index contributed by atoms with van der Waals surface area (Å²) < 4.78 is 87.1. The predicted molar refractivity (Wildman–Crippen MR) is 215 cm³/mol. The highest BCUT2D eigenvalue weighted by Crippen LogP contribution is 2.39. The van der Waals surface area contributed by atoms with Crippen LogP contribution in [0.3, 0.4) is 0 Å². The number of hydrogen-bond acceptors (Lipinski definition) is 11. The van der Waals surface area contributed by atoms with E-state index in [1.54, 1.807) is 26.0 Å². The van der Waals surface area contributed by atoms with Gasteiger partial charge in [-0.1, -0.05) is 17.7 Å². The van der Waals surface area contributed by atoms with Crippen LogP contribution >= 0.6 is 11.6 Å². The molecule has 59 heavy (non-hydrogen) atoms. The molecule has 0 spiro atoms. The van der Waals surface area contributed by atoms with Crippen LogP contribution in [0.15, 0.2) is 41.4 Å². The maximum atomic E-state index is 15.5. The minimum atomic E-state index is -4.70. The normalized spacial score (nSPS) is 24.9. The van der Waals surface area contributed by atoms with Gasteiger partial charge >= 0.3 is 6.18 Å². The van der Waals surface area contributed by atoms with E-state index in [4.69, 9.17) is 11.6 Å². The number of piperidine rings is 2. The van der Waals surface area contributed by atoms with Crippen molar-refractivity contribution >= 4 is 56.6 Å². The van der Waals surface area contributed by atoms with Gasteiger partial charge in [-0.05, 0) is 100 Å². The number of piperazine rings is 1. The van der Waals surface area contributed by atoms with E-state index < -0.39 is 45.0 Å². The lowest BCUT2D eigenvalue weighted by Crippen LogP contribution is -2.48. The first-order valence-electron chi connectivity index (χ1n) is 20.0. The van der Waals surface area contributed by atoms with Gasteiger partial charge in [-0.25, -0.2) is 22.5 Å². The van der Waals surface area contributed by atoms with E-state index in [1.165, 1.54) is 23.1 Å². The van der Waals surface area contributed by atoms with E-state index in [2.05, 4.69) is 30.2 Å². The Morgan fingerprint density at radius 2 is 1.75 bits per heavy atom. The van der Waals surface area contributed by atoms with Crippen LogP contribution in [0.25, 0.3) is 0 Å². The van der Waals surface area contributed by atoms with Crippen molar-refractivity contribution in [3.63, 3.8) is 0 Å². The molecule has 1 aliphatic carbocycles. The highest BCUT2D eigenvalue weighted by molar-refractivity contribution is 7.89. The number of aromatic nitrogens is 2. The standard InChI is InChI=1S/C40H49ClF4N8O5S/c1-24-20-27(8-11-31(24)47-38-46-21-30(40(43,44)45)36(49-38)53-15-3-14-39(2,56)23-53)59(57,58)50-26-6-4-25(5-7-26)22-51-16-18-52(19-17-51)32-12-9-28(34(41)35(32)42)29-10-13-33(54)48-37(29)55/h8-9,11-12,20-21,25-26,29,50,56H,3-7,10,13-19,22-23H2,1-2H3,(H,46,47,49)(H,48,54,55)/t25?,26?,29?,39-/m0/s1. The van der Waals surface area contributed by atoms with E-state index in [0.717, 1.165) is 38.7 Å². The Morgan fingerprint density at radius 1 is 1.02 bits per heavy atom. The second-order valence-electron chi connectivity index (χ2n) is 16.5. The molecule has 0 bridgehead atoms. The van der Waals surface area contributed by atoms with Crippen LogP contribution in [0.2, 0.25) is 5.02 Å². The number of aliphatic hydroxyl groups is 1. The summed E-state index contributed by atoms with van der Waals surface area (Å²) in [7, 11) is -3.88. The summed E-state index contributed by atoms with van der Waals surface area (Å²) in [4.78, 5) is 37.8. The molecule has 19 heteroatoms. The summed E-state index contributed by atoms with van der Waals surface area (Å²) in [6.45, 7) is 7.01. The molecule has 1 unspecified atom stereocenters. The third kappa shape index (κ3) is 9.93. The van der Waals surface area contributed by atoms with E-state index in [9.17, 15) is 36.3 Å². The topological polar surface area (TPSA) is 160 Å². The van der Waals surface area contributed by atoms with Crippen LogP contribution in [-0.4, -0.2) is 97.7 Å². The number of nitrogens with zero attached hydrogens (tertiary/aromatic N) is 5. The Balaban J connectivity index is 0.898. The number of alkyl halides is 3. The van der Waals surface area contributed by atoms with Gasteiger partial charge in [0.2, 0.25) is 27.8 Å². The fourth-order valence-corrected chi connectivity index (χ4v) is 10.4. The van der Waals surface area contributed by atoms with Gasteiger partial charge in [-0.3, -0.25) is 19.8 Å². The quantitative estimate of drug-likeness (QED) is 0.143. The first-order chi connectivity index (χ1) is 27.9. The average Bonchev–Trinajstić information content (AvgIpc) is 3.17. The lowest BCUT2D eigenvalue weighted by molar-refractivity contribution is -0.138. The first kappa shape index (κ1) is 43.0. The Bertz CT molecular complexity index is 2180. The van der Waals surface area contributed by atoms with Gasteiger partial charge in [-0.15, -0.1) is 0 Å². The summed E-state index contributed by atoms with van der Waals surface area (Å²) in [6, 6.07) is 7.55. The number of sulfonamides is 1. The number of halogens is 5. The van der Waals surface area contributed by atoms with Crippen molar-refractivity contribution in [3.8, 4) is 0 Å². The van der Waals surface area contributed by atoms with Gasteiger partial charge in [0.1, 0.15) is 11.4 Å². The number of imide groups is 1. The maximum absolute atomic E-state index is 15.5. The molecule has 4 heterocycles. The minimum absolute atomic E-state index is 0.0151. The molecule has 4 fully saturated rings. The third-order valence-corrected chi connectivity index (χ3v) is 13.8. The number of anilines is 4. The van der Waals surface area contributed by atoms with Gasteiger partial charge in [0.15, 0.2) is 5.82 Å². The summed E-state index contributed by atoms with van der Waals surface area (Å²) in [5, 5.41) is 15.7. The third-order valence-electron chi connectivity index (χ3n) is 11.9. The number of carbonyl (C=O) groups excluding carboxylic acids is 2. The van der Waals surface area contributed by atoms with Crippen LogP contribution in [0.4, 0.5) is 40.7 Å². The zero-order valence-electron chi connectivity index (χ0n) is 32.9. The smallest absolute Gasteiger partial charge is 0.388 e. The molecule has 13 nitrogen and oxygen atoms in total. The highest BCUT2D eigenvalue weighted by Gasteiger charge is 2.40. The van der Waals surface area contributed by atoms with Crippen molar-refractivity contribution in [1.29, 1.82) is 0 Å². The lowest BCUT2D eigenvalue weighted by atomic mass is 9.86. The lowest BCUT2D eigenvalue weighted by Gasteiger charge is -2.39. The summed E-state index contributed by atoms with van der Waals surface area (Å²) in [5.41, 5.74) is -0.454. The second kappa shape index (κ2) is 17.1. The summed E-state index contributed by atoms with van der Waals surface area (Å²) >= 11 is 6.42. The Hall–Kier alpha value is -4.10. The monoisotopic (exact) mass is 864 g/mol. The summed E-state index contributed by atoms with van der Waals surface area (Å²) in [5.74, 6) is -2.10. The van der Waals surface area contributed by atoms with Crippen molar-refractivity contribution in [2.45, 2.75) is 93.8 Å². The van der Waals surface area contributed by atoms with E-state index in [1.807, 2.05) is 4.90 Å². The van der Waals surface area contributed by atoms with Gasteiger partial charge in [0.25, 0.3) is 0 Å². The molecule has 4 aliphatic rings. The van der Waals surface area contributed by atoms with Gasteiger partial charge < -0.3 is 20.2 Å². The number of hydrogen-bond donors (Lipinski definition) is 4. The fourth-order valence-electron chi connectivity index (χ4n) is 8.68. The molecule has 0 radical (unpaired) electrons. The molecule has 7 rings (SSSR count). The zero-order chi connectivity index (χ0) is 42.3. The molecular weight excluding hydrogens is 816 g/mol. The van der Waals surface area contributed by atoms with Crippen molar-refractivity contribution < 1.29 is 40.7 Å². The molecular formula is C40H49ClF4N8O5S. The molecule has 4 N–H and O–H groups in total. The van der Waals surface area contributed by atoms with E-state index >= 15 is 4.39 Å². The zero-order valence-corrected chi connectivity index (χ0v) is 34.5. The Labute approximate surface area is 345 Å². The molecule has 3 aromatic rings. The van der Waals surface area contributed by atoms with Gasteiger partial charge in [0, 0.05) is 70.2 Å². The number of carbonyl (C=O) groups is 2. The van der Waals surface area contributed by atoms with E-state index in [-0.39, 0.29) is 53.0 Å². The average molecular weight is 865 g/mol. The fraction of sp³-hybridized carbons (Fsp3) is 0.550. The SMILES string of the molecule is Cc1cc(S(=O)(=O)NC2CCC(CN3CCN(c4ccc(C5CCC(=O)NC5=O)c(Cl)c4F)CC3)CC2)ccc1Nc1ncc(C(F)(F)F)c(N2CCC[C@](C)(O)C2)n1. The number of benzene rings is 2. The van der Waals surface area contributed by atoms with Crippen LogP contribution in [-0.2, 0) is 25.8 Å². The first-order valence-corrected chi connectivity index (χ1v) is 21.8. The van der Waals surface area contributed by atoms with Crippen LogP contribution in [0.5, 0.6) is 0 Å². The highest BCUT2D eigenvalue weighted by atomic mass is 35.5. The molecule has 2 aromatic carbocycles. The maximum Gasteiger partial charge on any atom is 0.421 e. The van der Waals surface area contributed by atoms with Crippen molar-refractivity contribution in [3.05, 3.63) is 64.1 Å². The Morgan fingerprint density at radius 3 is 2.41 bits per heavy atom. The number of β-amino-alcohol motifs (C(OH)–C–C–N with tert-alkyl or cyclic N) is 1. The second-order valence-corrected chi connectivity index (χ2v) is 18.6. The Kier molecular flexibility index (Phi) is 12.5. The molecule has 2 atom stereocenters. The van der Waals surface area contributed by atoms with Crippen LogP contribution in [0, 0.1) is 18.7 Å². The van der Waals surface area contributed by atoms with Crippen molar-refractivity contribution in [2.24, 2.45) is 5.92 Å². The van der Waals surface area contributed by atoms with Gasteiger partial charge in [0.05, 0.1) is 27.1 Å². The van der Waals surface area contributed by atoms with Crippen LogP contribution < -0.4 is 25.2 Å². The number of nitrogens with one attached hydrogen (secondary N) is 3. The molecule has 320 valence electrons. The van der Waals surface area contributed by atoms with E-state index in [0.29, 0.717) is 73.7 Å². The molecule has 2 amide bonds. The van der Waals surface area contributed by atoms with Crippen molar-refractivity contribution in [2.75, 3.05) is 60.9 Å². The molecule has 1 saturated carbocycles. The summed E-state index contributed by atoms with van der Waals surface area (Å²) in [6.07, 6.45) is 0.450. The van der Waals surface area contributed by atoms with Crippen LogP contribution in [0.1, 0.15) is 80.9 Å². The minimum Gasteiger partial charge on any atom is -0.388 e. The largest absolute Gasteiger partial charge is 0.421 e. The van der Waals surface area contributed by atoms with Gasteiger partial charge in [-0.2, -0.15) is 18.2 Å². The number of rotatable bonds is 10.